The quantitative estimate of drug-likeness (QED) is 0.651. The van der Waals surface area contributed by atoms with Gasteiger partial charge in [0, 0.05) is 6.92 Å². The normalized spacial score (nSPS) is 10.4. The topological polar surface area (TPSA) is 26.0 Å². The van der Waals surface area contributed by atoms with Gasteiger partial charge in [-0.15, -0.1) is 0 Å². The van der Waals surface area contributed by atoms with Crippen LogP contribution in [0.2, 0.25) is 0 Å². The van der Waals surface area contributed by atoms with Gasteiger partial charge in [0.2, 0.25) is 0 Å². The third kappa shape index (κ3) is 2.97. The van der Waals surface area contributed by atoms with E-state index in [1.54, 1.807) is 6.20 Å². The van der Waals surface area contributed by atoms with E-state index in [-0.39, 0.29) is 0 Å². The lowest BCUT2D eigenvalue weighted by atomic mass is 10.6. The van der Waals surface area contributed by atoms with Crippen LogP contribution in [0, 0.1) is 6.92 Å². The predicted molar refractivity (Wildman–Crippen MR) is 47.7 cm³/mol. The van der Waals surface area contributed by atoms with Crippen LogP contribution in [0.25, 0.3) is 0 Å². The molecule has 1 aromatic heterocycles. The molecule has 0 unspecified atom stereocenters. The van der Waals surface area contributed by atoms with E-state index in [2.05, 4.69) is 11.9 Å². The lowest BCUT2D eigenvalue weighted by molar-refractivity contribution is 0.491. The van der Waals surface area contributed by atoms with Crippen LogP contribution in [0.4, 0.5) is 0 Å². The molecule has 0 aliphatic rings. The lowest BCUT2D eigenvalue weighted by Gasteiger charge is -1.93. The van der Waals surface area contributed by atoms with E-state index in [9.17, 15) is 0 Å². The Balaban J connectivity index is 2.27. The van der Waals surface area contributed by atoms with Crippen LogP contribution in [0.1, 0.15) is 25.0 Å². The Kier molecular flexibility index (Phi) is 3.49. The van der Waals surface area contributed by atoms with Crippen molar-refractivity contribution in [3.05, 3.63) is 17.8 Å². The highest BCUT2D eigenvalue weighted by Crippen LogP contribution is 2.13. The molecule has 0 amide bonds. The van der Waals surface area contributed by atoms with E-state index in [0.717, 1.165) is 17.4 Å². The van der Waals surface area contributed by atoms with Gasteiger partial charge in [0.25, 0.3) is 0 Å². The molecule has 1 aromatic rings. The Hall–Kier alpha value is -0.440. The molecule has 0 aliphatic heterocycles. The summed E-state index contributed by atoms with van der Waals surface area (Å²) in [4.78, 5) is 4.02. The Bertz CT molecular complexity index is 210. The molecule has 0 atom stereocenters. The van der Waals surface area contributed by atoms with Crippen molar-refractivity contribution in [1.82, 2.24) is 4.98 Å². The number of hydrogen-bond acceptors (Lipinski definition) is 3. The monoisotopic (exact) mass is 171 g/mol. The zero-order valence-corrected chi connectivity index (χ0v) is 7.78. The molecule has 0 fully saturated rings. The summed E-state index contributed by atoms with van der Waals surface area (Å²) in [6, 6.07) is 0. The van der Waals surface area contributed by atoms with Gasteiger partial charge >= 0.3 is 0 Å². The summed E-state index contributed by atoms with van der Waals surface area (Å²) in [7, 11) is 0. The summed E-state index contributed by atoms with van der Waals surface area (Å²) in [5.41, 5.74) is 0. The molecule has 1 rings (SSSR count). The molecule has 2 nitrogen and oxygen atoms in total. The van der Waals surface area contributed by atoms with Crippen molar-refractivity contribution in [1.29, 1.82) is 0 Å². The third-order valence-corrected chi connectivity index (χ3v) is 2.45. The van der Waals surface area contributed by atoms with E-state index < -0.39 is 0 Å². The zero-order chi connectivity index (χ0) is 8.10. The van der Waals surface area contributed by atoms with Crippen molar-refractivity contribution in [2.24, 2.45) is 0 Å². The number of aryl methyl sites for hydroxylation is 1. The van der Waals surface area contributed by atoms with Crippen LogP contribution >= 0.6 is 11.8 Å². The molecule has 62 valence electrons. The van der Waals surface area contributed by atoms with E-state index in [0.29, 0.717) is 0 Å². The number of hydrogen-bond donors (Lipinski definition) is 0. The summed E-state index contributed by atoms with van der Waals surface area (Å²) in [6.07, 6.45) is 3.02. The van der Waals surface area contributed by atoms with Crippen molar-refractivity contribution >= 4 is 11.8 Å². The van der Waals surface area contributed by atoms with Gasteiger partial charge in [-0.05, 0) is 12.2 Å². The molecule has 3 heteroatoms. The van der Waals surface area contributed by atoms with Crippen LogP contribution in [-0.2, 0) is 5.75 Å². The van der Waals surface area contributed by atoms with Gasteiger partial charge in [0.05, 0.1) is 11.9 Å². The maximum Gasteiger partial charge on any atom is 0.191 e. The maximum atomic E-state index is 5.30. The minimum absolute atomic E-state index is 0.761. The highest BCUT2D eigenvalue weighted by molar-refractivity contribution is 7.98. The van der Waals surface area contributed by atoms with Gasteiger partial charge < -0.3 is 4.42 Å². The van der Waals surface area contributed by atoms with Crippen molar-refractivity contribution in [2.45, 2.75) is 26.0 Å². The van der Waals surface area contributed by atoms with Crippen LogP contribution < -0.4 is 0 Å². The molecule has 0 aromatic carbocycles. The number of rotatable bonds is 4. The Morgan fingerprint density at radius 1 is 1.64 bits per heavy atom. The molecule has 0 saturated heterocycles. The van der Waals surface area contributed by atoms with Gasteiger partial charge in [-0.2, -0.15) is 11.8 Å². The van der Waals surface area contributed by atoms with Crippen LogP contribution in [0.5, 0.6) is 0 Å². The average Bonchev–Trinajstić information content (AvgIpc) is 2.37. The minimum Gasteiger partial charge on any atom is -0.445 e. The summed E-state index contributed by atoms with van der Waals surface area (Å²) >= 11 is 1.89. The molecular weight excluding hydrogens is 158 g/mol. The summed E-state index contributed by atoms with van der Waals surface area (Å²) in [6.45, 7) is 4.05. The number of aromatic nitrogens is 1. The molecule has 0 radical (unpaired) electrons. The maximum absolute atomic E-state index is 5.30. The van der Waals surface area contributed by atoms with E-state index in [1.807, 2.05) is 18.7 Å². The molecule has 1 heterocycles. The average molecular weight is 171 g/mol. The Labute approximate surface area is 71.4 Å². The molecule has 0 saturated carbocycles. The highest BCUT2D eigenvalue weighted by Gasteiger charge is 1.98. The number of oxazole rings is 1. The van der Waals surface area contributed by atoms with Crippen LogP contribution in [0.3, 0.4) is 0 Å². The van der Waals surface area contributed by atoms with Crippen molar-refractivity contribution in [3.8, 4) is 0 Å². The van der Waals surface area contributed by atoms with E-state index in [1.165, 1.54) is 12.2 Å². The molecule has 0 spiro atoms. The fourth-order valence-electron chi connectivity index (χ4n) is 0.789. The highest BCUT2D eigenvalue weighted by atomic mass is 32.2. The van der Waals surface area contributed by atoms with Gasteiger partial charge in [-0.3, -0.25) is 0 Å². The molecule has 0 aliphatic carbocycles. The number of nitrogens with zero attached hydrogens (tertiary/aromatic N) is 1. The lowest BCUT2D eigenvalue weighted by Crippen LogP contribution is -1.77. The Morgan fingerprint density at radius 3 is 3.00 bits per heavy atom. The summed E-state index contributed by atoms with van der Waals surface area (Å²) in [5.74, 6) is 3.90. The second-order valence-corrected chi connectivity index (χ2v) is 3.50. The Morgan fingerprint density at radius 2 is 2.45 bits per heavy atom. The molecular formula is C8H13NOS. The first-order valence-electron chi connectivity index (χ1n) is 3.82. The SMILES string of the molecule is CCCSCc1cnc(C)o1. The zero-order valence-electron chi connectivity index (χ0n) is 6.96. The van der Waals surface area contributed by atoms with Gasteiger partial charge in [-0.25, -0.2) is 4.98 Å². The van der Waals surface area contributed by atoms with Crippen LogP contribution in [-0.4, -0.2) is 10.7 Å². The first-order chi connectivity index (χ1) is 5.33. The van der Waals surface area contributed by atoms with Crippen molar-refractivity contribution in [2.75, 3.05) is 5.75 Å². The fourth-order valence-corrected chi connectivity index (χ4v) is 1.56. The number of thioether (sulfide) groups is 1. The summed E-state index contributed by atoms with van der Waals surface area (Å²) in [5, 5.41) is 0. The summed E-state index contributed by atoms with van der Waals surface area (Å²) < 4.78 is 5.30. The van der Waals surface area contributed by atoms with Crippen LogP contribution in [0.15, 0.2) is 10.6 Å². The van der Waals surface area contributed by atoms with Crippen molar-refractivity contribution < 1.29 is 4.42 Å². The second-order valence-electron chi connectivity index (χ2n) is 2.40. The molecule has 0 bridgehead atoms. The van der Waals surface area contributed by atoms with E-state index >= 15 is 0 Å². The van der Waals surface area contributed by atoms with Gasteiger partial charge in [0.1, 0.15) is 5.76 Å². The standard InChI is InChI=1S/C8H13NOS/c1-3-4-11-6-8-5-9-7(2)10-8/h5H,3-4,6H2,1-2H3. The first-order valence-corrected chi connectivity index (χ1v) is 4.97. The minimum atomic E-state index is 0.761. The smallest absolute Gasteiger partial charge is 0.191 e. The predicted octanol–water partition coefficient (Wildman–Crippen LogP) is 2.63. The molecule has 11 heavy (non-hydrogen) atoms. The van der Waals surface area contributed by atoms with Gasteiger partial charge in [0.15, 0.2) is 5.89 Å². The largest absolute Gasteiger partial charge is 0.445 e. The fraction of sp³-hybridized carbons (Fsp3) is 0.625. The molecule has 0 N–H and O–H groups in total. The third-order valence-electron chi connectivity index (χ3n) is 1.26. The van der Waals surface area contributed by atoms with Crippen molar-refractivity contribution in [3.63, 3.8) is 0 Å². The van der Waals surface area contributed by atoms with Gasteiger partial charge in [-0.1, -0.05) is 6.92 Å². The second kappa shape index (κ2) is 4.44. The van der Waals surface area contributed by atoms with E-state index in [4.69, 9.17) is 4.42 Å². The first kappa shape index (κ1) is 8.65.